The van der Waals surface area contributed by atoms with Gasteiger partial charge in [0.05, 0.1) is 0 Å². The van der Waals surface area contributed by atoms with E-state index in [1.165, 1.54) is 0 Å². The molecule has 1 atom stereocenters. The van der Waals surface area contributed by atoms with Gasteiger partial charge in [0.2, 0.25) is 0 Å². The maximum absolute atomic E-state index is 10.8. The molecule has 0 aromatic carbocycles. The Hall–Kier alpha value is -0.610. The molecule has 3 aliphatic carbocycles. The van der Waals surface area contributed by atoms with Crippen molar-refractivity contribution in [1.29, 1.82) is 0 Å². The van der Waals surface area contributed by atoms with Gasteiger partial charge in [-0.1, -0.05) is 0 Å². The lowest BCUT2D eigenvalue weighted by Crippen LogP contribution is -2.70. The third-order valence-corrected chi connectivity index (χ3v) is 4.16. The van der Waals surface area contributed by atoms with Crippen molar-refractivity contribution < 1.29 is 14.6 Å². The molecule has 4 nitrogen and oxygen atoms in total. The van der Waals surface area contributed by atoms with Gasteiger partial charge in [-0.3, -0.25) is 4.79 Å². The number of hydrogen-bond acceptors (Lipinski definition) is 3. The monoisotopic (exact) mass is 213 g/mol. The van der Waals surface area contributed by atoms with Gasteiger partial charge in [0, 0.05) is 13.7 Å². The van der Waals surface area contributed by atoms with E-state index >= 15 is 0 Å². The van der Waals surface area contributed by atoms with Crippen molar-refractivity contribution in [2.45, 2.75) is 38.1 Å². The molecule has 4 heteroatoms. The van der Waals surface area contributed by atoms with Crippen LogP contribution in [0.4, 0.5) is 0 Å². The molecule has 0 spiro atoms. The molecule has 3 aliphatic rings. The summed E-state index contributed by atoms with van der Waals surface area (Å²) in [6, 6.07) is -0.651. The highest BCUT2D eigenvalue weighted by molar-refractivity contribution is 5.75. The van der Waals surface area contributed by atoms with Crippen LogP contribution in [0.2, 0.25) is 0 Å². The lowest BCUT2D eigenvalue weighted by molar-refractivity contribution is -0.224. The molecule has 86 valence electrons. The molecular weight excluding hydrogens is 194 g/mol. The molecule has 0 heterocycles. The van der Waals surface area contributed by atoms with Crippen LogP contribution in [0.15, 0.2) is 0 Å². The Labute approximate surface area is 89.8 Å². The Morgan fingerprint density at radius 2 is 2.13 bits per heavy atom. The minimum atomic E-state index is -0.847. The van der Waals surface area contributed by atoms with Crippen molar-refractivity contribution in [3.05, 3.63) is 0 Å². The highest BCUT2D eigenvalue weighted by Crippen LogP contribution is 2.76. The predicted octanol–water partition coefficient (Wildman–Crippen LogP) is 0.995. The minimum Gasteiger partial charge on any atom is -0.480 e. The van der Waals surface area contributed by atoms with E-state index < -0.39 is 12.0 Å². The highest BCUT2D eigenvalue weighted by atomic mass is 16.5. The van der Waals surface area contributed by atoms with Crippen LogP contribution in [0.25, 0.3) is 0 Å². The molecule has 0 amide bonds. The van der Waals surface area contributed by atoms with Gasteiger partial charge in [-0.05, 0) is 42.9 Å². The van der Waals surface area contributed by atoms with Crippen LogP contribution in [-0.4, -0.2) is 30.8 Å². The van der Waals surface area contributed by atoms with E-state index in [0.717, 1.165) is 38.7 Å². The number of carboxylic acid groups (broad SMARTS) is 1. The second kappa shape index (κ2) is 3.46. The van der Waals surface area contributed by atoms with E-state index in [-0.39, 0.29) is 5.41 Å². The molecular formula is C11H19NO3. The number of ether oxygens (including phenoxy) is 1. The smallest absolute Gasteiger partial charge is 0.321 e. The summed E-state index contributed by atoms with van der Waals surface area (Å²) < 4.78 is 5.02. The second-order valence-electron chi connectivity index (χ2n) is 5.30. The first-order chi connectivity index (χ1) is 7.04. The zero-order valence-corrected chi connectivity index (χ0v) is 9.16. The van der Waals surface area contributed by atoms with E-state index in [1.807, 2.05) is 0 Å². The second-order valence-corrected chi connectivity index (χ2v) is 5.30. The minimum absolute atomic E-state index is 0.0566. The van der Waals surface area contributed by atoms with Gasteiger partial charge in [-0.15, -0.1) is 0 Å². The van der Waals surface area contributed by atoms with Crippen molar-refractivity contribution in [2.24, 2.45) is 16.6 Å². The predicted molar refractivity (Wildman–Crippen MR) is 55.4 cm³/mol. The van der Waals surface area contributed by atoms with Crippen LogP contribution in [0.1, 0.15) is 32.1 Å². The fraction of sp³-hybridized carbons (Fsp3) is 0.909. The molecule has 0 aromatic rings. The van der Waals surface area contributed by atoms with E-state index in [1.54, 1.807) is 7.11 Å². The summed E-state index contributed by atoms with van der Waals surface area (Å²) in [6.07, 6.45) is 5.27. The fourth-order valence-corrected chi connectivity index (χ4v) is 3.53. The van der Waals surface area contributed by atoms with Crippen molar-refractivity contribution >= 4 is 5.97 Å². The molecule has 15 heavy (non-hydrogen) atoms. The van der Waals surface area contributed by atoms with Crippen molar-refractivity contribution in [3.8, 4) is 0 Å². The average molecular weight is 213 g/mol. The first-order valence-corrected chi connectivity index (χ1v) is 5.51. The van der Waals surface area contributed by atoms with Crippen LogP contribution in [-0.2, 0) is 9.53 Å². The first kappa shape index (κ1) is 10.9. The topological polar surface area (TPSA) is 72.5 Å². The summed E-state index contributed by atoms with van der Waals surface area (Å²) in [6.45, 7) is 0.805. The molecule has 0 saturated heterocycles. The maximum atomic E-state index is 10.8. The van der Waals surface area contributed by atoms with E-state index in [4.69, 9.17) is 15.6 Å². The third-order valence-electron chi connectivity index (χ3n) is 4.16. The number of carbonyl (C=O) groups is 1. The Balaban J connectivity index is 1.77. The molecule has 3 fully saturated rings. The summed E-state index contributed by atoms with van der Waals surface area (Å²) >= 11 is 0. The van der Waals surface area contributed by atoms with Gasteiger partial charge in [0.1, 0.15) is 6.04 Å². The summed E-state index contributed by atoms with van der Waals surface area (Å²) in [5.41, 5.74) is 6.05. The largest absolute Gasteiger partial charge is 0.480 e. The van der Waals surface area contributed by atoms with Gasteiger partial charge in [0.25, 0.3) is 0 Å². The molecule has 0 aliphatic heterocycles. The van der Waals surface area contributed by atoms with E-state index in [9.17, 15) is 4.79 Å². The Kier molecular flexibility index (Phi) is 2.51. The molecule has 3 rings (SSSR count). The van der Waals surface area contributed by atoms with Crippen molar-refractivity contribution in [1.82, 2.24) is 0 Å². The molecule has 0 aromatic heterocycles. The molecule has 0 radical (unpaired) electrons. The highest BCUT2D eigenvalue weighted by Gasteiger charge is 2.70. The van der Waals surface area contributed by atoms with E-state index in [2.05, 4.69) is 0 Å². The summed E-state index contributed by atoms with van der Waals surface area (Å²) in [5, 5.41) is 8.86. The molecule has 3 saturated carbocycles. The summed E-state index contributed by atoms with van der Waals surface area (Å²) in [5.74, 6) is -0.847. The van der Waals surface area contributed by atoms with Crippen LogP contribution >= 0.6 is 0 Å². The summed E-state index contributed by atoms with van der Waals surface area (Å²) in [4.78, 5) is 10.8. The number of aliphatic carboxylic acids is 1. The molecule has 2 bridgehead atoms. The Morgan fingerprint density at radius 1 is 1.53 bits per heavy atom. The Morgan fingerprint density at radius 3 is 2.60 bits per heavy atom. The maximum Gasteiger partial charge on any atom is 0.321 e. The normalized spacial score (nSPS) is 39.1. The zero-order valence-electron chi connectivity index (χ0n) is 9.16. The molecule has 1 unspecified atom stereocenters. The quantitative estimate of drug-likeness (QED) is 0.645. The SMILES string of the molecule is COCCCC12CC(C(N)C(=O)O)(C1)C2. The Bertz CT molecular complexity index is 257. The first-order valence-electron chi connectivity index (χ1n) is 5.51. The van der Waals surface area contributed by atoms with Gasteiger partial charge in [-0.2, -0.15) is 0 Å². The van der Waals surface area contributed by atoms with Crippen LogP contribution < -0.4 is 5.73 Å². The van der Waals surface area contributed by atoms with Crippen LogP contribution in [0, 0.1) is 10.8 Å². The number of nitrogens with two attached hydrogens (primary N) is 1. The standard InChI is InChI=1S/C11H19NO3/c1-15-4-2-3-10-5-11(6-10,7-10)8(12)9(13)14/h8H,2-7,12H2,1H3,(H,13,14). The third kappa shape index (κ3) is 1.56. The zero-order chi connectivity index (χ0) is 11.1. The van der Waals surface area contributed by atoms with Gasteiger partial charge in [-0.25, -0.2) is 0 Å². The van der Waals surface area contributed by atoms with Gasteiger partial charge in [0.15, 0.2) is 0 Å². The van der Waals surface area contributed by atoms with Crippen molar-refractivity contribution in [2.75, 3.05) is 13.7 Å². The van der Waals surface area contributed by atoms with Gasteiger partial charge < -0.3 is 15.6 Å². The van der Waals surface area contributed by atoms with Crippen LogP contribution in [0.5, 0.6) is 0 Å². The number of hydrogen-bond donors (Lipinski definition) is 2. The average Bonchev–Trinajstić information content (AvgIpc) is 2.06. The molecule has 3 N–H and O–H groups in total. The summed E-state index contributed by atoms with van der Waals surface area (Å²) in [7, 11) is 1.71. The number of carboxylic acids is 1. The van der Waals surface area contributed by atoms with Gasteiger partial charge >= 0.3 is 5.97 Å². The number of rotatable bonds is 6. The lowest BCUT2D eigenvalue weighted by Gasteiger charge is -2.72. The fourth-order valence-electron chi connectivity index (χ4n) is 3.53. The van der Waals surface area contributed by atoms with Crippen molar-refractivity contribution in [3.63, 3.8) is 0 Å². The number of methoxy groups -OCH3 is 1. The lowest BCUT2D eigenvalue weighted by atomic mass is 9.32. The van der Waals surface area contributed by atoms with Crippen LogP contribution in [0.3, 0.4) is 0 Å². The van der Waals surface area contributed by atoms with E-state index in [0.29, 0.717) is 5.41 Å².